The Bertz CT molecular complexity index is 840. The van der Waals surface area contributed by atoms with Crippen molar-refractivity contribution < 1.29 is 5.11 Å². The van der Waals surface area contributed by atoms with E-state index in [2.05, 4.69) is 4.98 Å². The van der Waals surface area contributed by atoms with E-state index in [0.29, 0.717) is 33.7 Å². The van der Waals surface area contributed by atoms with Crippen LogP contribution in [0.3, 0.4) is 0 Å². The van der Waals surface area contributed by atoms with E-state index in [9.17, 15) is 9.90 Å². The van der Waals surface area contributed by atoms with Crippen molar-refractivity contribution >= 4 is 34.0 Å². The smallest absolute Gasteiger partial charge is 0.263 e. The summed E-state index contributed by atoms with van der Waals surface area (Å²) in [6.07, 6.45) is 1.47. The van der Waals surface area contributed by atoms with Crippen LogP contribution in [0.1, 0.15) is 6.92 Å². The van der Waals surface area contributed by atoms with Gasteiger partial charge in [0.25, 0.3) is 5.56 Å². The zero-order valence-electron chi connectivity index (χ0n) is 10.6. The van der Waals surface area contributed by atoms with E-state index in [-0.39, 0.29) is 11.3 Å². The third kappa shape index (κ3) is 1.90. The lowest BCUT2D eigenvalue weighted by molar-refractivity contribution is 0.481. The number of rotatable bonds is 2. The highest BCUT2D eigenvalue weighted by molar-refractivity contribution is 7.08. The predicted molar refractivity (Wildman–Crippen MR) is 81.7 cm³/mol. The molecule has 0 unspecified atom stereocenters. The van der Waals surface area contributed by atoms with Gasteiger partial charge in [-0.25, -0.2) is 4.98 Å². The van der Waals surface area contributed by atoms with Crippen LogP contribution in [0.5, 0.6) is 5.75 Å². The lowest BCUT2D eigenvalue weighted by Crippen LogP contribution is -2.22. The van der Waals surface area contributed by atoms with Gasteiger partial charge in [-0.1, -0.05) is 11.6 Å². The highest BCUT2D eigenvalue weighted by Crippen LogP contribution is 2.34. The average molecular weight is 307 g/mol. The van der Waals surface area contributed by atoms with E-state index < -0.39 is 0 Å². The standard InChI is InChI=1S/C14H11ClN2O2S/c1-2-17-13-10(5-9(15)6-16-13)12(18)11(14(17)19)8-3-4-20-7-8/h3-7,18H,2H2,1H3. The lowest BCUT2D eigenvalue weighted by Gasteiger charge is -2.12. The summed E-state index contributed by atoms with van der Waals surface area (Å²) in [7, 11) is 0. The van der Waals surface area contributed by atoms with Crippen molar-refractivity contribution in [2.75, 3.05) is 0 Å². The third-order valence-corrected chi connectivity index (χ3v) is 4.06. The SMILES string of the molecule is CCn1c(=O)c(-c2ccsc2)c(O)c2cc(Cl)cnc21. The summed E-state index contributed by atoms with van der Waals surface area (Å²) in [5.74, 6) is -0.0666. The molecule has 3 aromatic rings. The van der Waals surface area contributed by atoms with Gasteiger partial charge in [0.1, 0.15) is 11.4 Å². The molecule has 0 saturated carbocycles. The number of hydrogen-bond donors (Lipinski definition) is 1. The van der Waals surface area contributed by atoms with Crippen LogP contribution in [0, 0.1) is 0 Å². The van der Waals surface area contributed by atoms with Crippen molar-refractivity contribution in [1.82, 2.24) is 9.55 Å². The number of aromatic hydroxyl groups is 1. The highest BCUT2D eigenvalue weighted by atomic mass is 35.5. The van der Waals surface area contributed by atoms with Crippen molar-refractivity contribution in [3.8, 4) is 16.9 Å². The third-order valence-electron chi connectivity index (χ3n) is 3.17. The molecule has 20 heavy (non-hydrogen) atoms. The molecule has 0 aliphatic rings. The molecule has 0 aliphatic heterocycles. The van der Waals surface area contributed by atoms with Crippen LogP contribution in [-0.4, -0.2) is 14.7 Å². The first kappa shape index (κ1) is 13.1. The van der Waals surface area contributed by atoms with Crippen molar-refractivity contribution in [3.63, 3.8) is 0 Å². The minimum Gasteiger partial charge on any atom is -0.506 e. The molecule has 0 aliphatic carbocycles. The van der Waals surface area contributed by atoms with Gasteiger partial charge in [-0.3, -0.25) is 9.36 Å². The molecule has 3 heterocycles. The second-order valence-electron chi connectivity index (χ2n) is 4.31. The Morgan fingerprint density at radius 3 is 2.95 bits per heavy atom. The fraction of sp³-hybridized carbons (Fsp3) is 0.143. The van der Waals surface area contributed by atoms with E-state index in [0.717, 1.165) is 0 Å². The number of nitrogens with zero attached hydrogens (tertiary/aromatic N) is 2. The van der Waals surface area contributed by atoms with E-state index in [4.69, 9.17) is 11.6 Å². The quantitative estimate of drug-likeness (QED) is 0.788. The Hall–Kier alpha value is -1.85. The van der Waals surface area contributed by atoms with E-state index in [1.165, 1.54) is 17.5 Å². The molecule has 0 aromatic carbocycles. The summed E-state index contributed by atoms with van der Waals surface area (Å²) in [5.41, 5.74) is 1.20. The van der Waals surface area contributed by atoms with Crippen molar-refractivity contribution in [2.45, 2.75) is 13.5 Å². The number of pyridine rings is 2. The number of hydrogen-bond acceptors (Lipinski definition) is 4. The minimum atomic E-state index is -0.245. The first-order valence-electron chi connectivity index (χ1n) is 6.07. The fourth-order valence-corrected chi connectivity index (χ4v) is 3.05. The van der Waals surface area contributed by atoms with Crippen LogP contribution >= 0.6 is 22.9 Å². The topological polar surface area (TPSA) is 55.1 Å². The van der Waals surface area contributed by atoms with Crippen LogP contribution in [0.4, 0.5) is 0 Å². The predicted octanol–water partition coefficient (Wildman–Crippen LogP) is 3.50. The summed E-state index contributed by atoms with van der Waals surface area (Å²) in [4.78, 5) is 16.7. The van der Waals surface area contributed by atoms with Gasteiger partial charge in [0.05, 0.1) is 16.0 Å². The molecule has 0 amide bonds. The average Bonchev–Trinajstić information content (AvgIpc) is 2.94. The maximum atomic E-state index is 12.6. The van der Waals surface area contributed by atoms with Gasteiger partial charge in [0, 0.05) is 18.3 Å². The first-order chi connectivity index (χ1) is 9.63. The zero-order chi connectivity index (χ0) is 14.3. The van der Waals surface area contributed by atoms with Crippen molar-refractivity contribution in [1.29, 1.82) is 0 Å². The van der Waals surface area contributed by atoms with Gasteiger partial charge < -0.3 is 5.11 Å². The van der Waals surface area contributed by atoms with Crippen molar-refractivity contribution in [3.05, 3.63) is 44.5 Å². The highest BCUT2D eigenvalue weighted by Gasteiger charge is 2.18. The van der Waals surface area contributed by atoms with Crippen LogP contribution in [0.2, 0.25) is 5.02 Å². The molecule has 6 heteroatoms. The Morgan fingerprint density at radius 1 is 1.50 bits per heavy atom. The normalized spacial score (nSPS) is 11.1. The Kier molecular flexibility index (Phi) is 3.23. The zero-order valence-corrected chi connectivity index (χ0v) is 12.2. The minimum absolute atomic E-state index is 0.0666. The molecular weight excluding hydrogens is 296 g/mol. The second-order valence-corrected chi connectivity index (χ2v) is 5.53. The van der Waals surface area contributed by atoms with Gasteiger partial charge in [-0.2, -0.15) is 11.3 Å². The Balaban J connectivity index is 2.51. The summed E-state index contributed by atoms with van der Waals surface area (Å²) in [6, 6.07) is 3.44. The van der Waals surface area contributed by atoms with Gasteiger partial charge in [0.15, 0.2) is 0 Å². The van der Waals surface area contributed by atoms with Gasteiger partial charge in [0.2, 0.25) is 0 Å². The number of fused-ring (bicyclic) bond motifs is 1. The van der Waals surface area contributed by atoms with Gasteiger partial charge >= 0.3 is 0 Å². The molecule has 0 atom stereocenters. The fourth-order valence-electron chi connectivity index (χ4n) is 2.25. The molecule has 0 spiro atoms. The number of halogens is 1. The molecular formula is C14H11ClN2O2S. The molecule has 1 N–H and O–H groups in total. The second kappa shape index (κ2) is 4.92. The largest absolute Gasteiger partial charge is 0.506 e. The van der Waals surface area contributed by atoms with E-state index in [1.54, 1.807) is 10.6 Å². The van der Waals surface area contributed by atoms with Crippen LogP contribution in [0.25, 0.3) is 22.2 Å². The van der Waals surface area contributed by atoms with Gasteiger partial charge in [-0.05, 0) is 29.8 Å². The Labute approximate surface area is 123 Å². The summed E-state index contributed by atoms with van der Waals surface area (Å²) in [6.45, 7) is 2.34. The summed E-state index contributed by atoms with van der Waals surface area (Å²) < 4.78 is 1.54. The van der Waals surface area contributed by atoms with Crippen LogP contribution in [-0.2, 0) is 6.54 Å². The number of aromatic nitrogens is 2. The van der Waals surface area contributed by atoms with E-state index >= 15 is 0 Å². The summed E-state index contributed by atoms with van der Waals surface area (Å²) in [5, 5.41) is 15.0. The molecule has 102 valence electrons. The molecule has 4 nitrogen and oxygen atoms in total. The number of thiophene rings is 1. The molecule has 0 saturated heterocycles. The van der Waals surface area contributed by atoms with Gasteiger partial charge in [-0.15, -0.1) is 0 Å². The first-order valence-corrected chi connectivity index (χ1v) is 7.39. The van der Waals surface area contributed by atoms with Crippen LogP contribution in [0.15, 0.2) is 33.9 Å². The molecule has 3 rings (SSSR count). The number of aryl methyl sites for hydroxylation is 1. The molecule has 3 aromatic heterocycles. The summed E-state index contributed by atoms with van der Waals surface area (Å²) >= 11 is 7.42. The lowest BCUT2D eigenvalue weighted by atomic mass is 10.1. The van der Waals surface area contributed by atoms with Crippen molar-refractivity contribution in [2.24, 2.45) is 0 Å². The Morgan fingerprint density at radius 2 is 2.30 bits per heavy atom. The maximum Gasteiger partial charge on any atom is 0.263 e. The monoisotopic (exact) mass is 306 g/mol. The maximum absolute atomic E-state index is 12.6. The molecule has 0 fully saturated rings. The molecule has 0 bridgehead atoms. The van der Waals surface area contributed by atoms with Crippen LogP contribution < -0.4 is 5.56 Å². The van der Waals surface area contributed by atoms with E-state index in [1.807, 2.05) is 23.8 Å². The molecule has 0 radical (unpaired) electrons.